The van der Waals surface area contributed by atoms with Gasteiger partial charge in [-0.3, -0.25) is 0 Å². The van der Waals surface area contributed by atoms with Crippen molar-refractivity contribution in [1.82, 2.24) is 0 Å². The fourth-order valence-electron chi connectivity index (χ4n) is 3.40. The maximum Gasteiger partial charge on any atom is 0.123 e. The van der Waals surface area contributed by atoms with Crippen LogP contribution in [-0.4, -0.2) is 51.2 Å². The molecule has 0 bridgehead atoms. The van der Waals surface area contributed by atoms with Gasteiger partial charge in [-0.2, -0.15) is 0 Å². The quantitative estimate of drug-likeness (QED) is 0.753. The molecule has 0 radical (unpaired) electrons. The van der Waals surface area contributed by atoms with Crippen molar-refractivity contribution in [3.8, 4) is 11.8 Å². The molecule has 0 aromatic heterocycles. The molecule has 1 aliphatic heterocycles. The van der Waals surface area contributed by atoms with E-state index in [9.17, 15) is 0 Å². The minimum absolute atomic E-state index is 0.388. The summed E-state index contributed by atoms with van der Waals surface area (Å²) in [7, 11) is 3.48. The van der Waals surface area contributed by atoms with Crippen LogP contribution in [-0.2, 0) is 14.2 Å². The first-order chi connectivity index (χ1) is 12.5. The molecule has 0 N–H and O–H groups in total. The van der Waals surface area contributed by atoms with Crippen LogP contribution >= 0.6 is 0 Å². The van der Waals surface area contributed by atoms with Gasteiger partial charge in [-0.05, 0) is 57.7 Å². The maximum atomic E-state index is 6.21. The van der Waals surface area contributed by atoms with E-state index in [1.54, 1.807) is 14.2 Å². The van der Waals surface area contributed by atoms with Gasteiger partial charge in [0.2, 0.25) is 0 Å². The summed E-state index contributed by atoms with van der Waals surface area (Å²) in [6, 6.07) is 8.49. The van der Waals surface area contributed by atoms with Gasteiger partial charge in [0, 0.05) is 38.6 Å². The lowest BCUT2D eigenvalue weighted by molar-refractivity contribution is -0.119. The first-order valence-corrected chi connectivity index (χ1v) is 9.60. The van der Waals surface area contributed by atoms with Gasteiger partial charge >= 0.3 is 0 Å². The first-order valence-electron chi connectivity index (χ1n) is 9.60. The highest BCUT2D eigenvalue weighted by Gasteiger charge is 2.32. The minimum Gasteiger partial charge on any atom is -0.381 e. The van der Waals surface area contributed by atoms with Crippen LogP contribution in [0.5, 0.6) is 0 Å². The van der Waals surface area contributed by atoms with Crippen LogP contribution in [0.3, 0.4) is 0 Å². The number of benzene rings is 1. The predicted molar refractivity (Wildman–Crippen MR) is 105 cm³/mol. The monoisotopic (exact) mass is 357 g/mol. The van der Waals surface area contributed by atoms with E-state index >= 15 is 0 Å². The Morgan fingerprint density at radius 1 is 1.04 bits per heavy atom. The molecule has 1 saturated heterocycles. The molecule has 3 rings (SSSR count). The van der Waals surface area contributed by atoms with Gasteiger partial charge in [-0.25, -0.2) is 0 Å². The van der Waals surface area contributed by atoms with Crippen LogP contribution in [0.4, 0.5) is 5.69 Å². The third-order valence-electron chi connectivity index (χ3n) is 5.44. The third-order valence-corrected chi connectivity index (χ3v) is 5.44. The summed E-state index contributed by atoms with van der Waals surface area (Å²) in [4.78, 5) is 2.44. The van der Waals surface area contributed by atoms with E-state index in [1.807, 2.05) is 13.8 Å². The SMILES string of the molecule is COC1CC(OC2CCN(c3cccc(C#CC(C)(C)OC)c3)CC2)C1. The Morgan fingerprint density at radius 3 is 2.42 bits per heavy atom. The van der Waals surface area contributed by atoms with Crippen LogP contribution in [0.15, 0.2) is 24.3 Å². The highest BCUT2D eigenvalue weighted by Crippen LogP contribution is 2.30. The van der Waals surface area contributed by atoms with Gasteiger partial charge < -0.3 is 19.1 Å². The molecule has 26 heavy (non-hydrogen) atoms. The predicted octanol–water partition coefficient (Wildman–Crippen LogP) is 3.63. The lowest BCUT2D eigenvalue weighted by Gasteiger charge is -2.40. The summed E-state index contributed by atoms with van der Waals surface area (Å²) < 4.78 is 16.9. The number of anilines is 1. The van der Waals surface area contributed by atoms with E-state index in [0.29, 0.717) is 18.3 Å². The summed E-state index contributed by atoms with van der Waals surface area (Å²) >= 11 is 0. The fourth-order valence-corrected chi connectivity index (χ4v) is 3.40. The highest BCUT2D eigenvalue weighted by molar-refractivity contribution is 5.53. The maximum absolute atomic E-state index is 6.21. The van der Waals surface area contributed by atoms with Gasteiger partial charge in [0.25, 0.3) is 0 Å². The Bertz CT molecular complexity index is 647. The summed E-state index contributed by atoms with van der Waals surface area (Å²) in [6.45, 7) is 6.02. The second-order valence-electron chi connectivity index (χ2n) is 7.79. The molecule has 1 heterocycles. The summed E-state index contributed by atoms with van der Waals surface area (Å²) in [6.07, 6.45) is 5.47. The Kier molecular flexibility index (Phi) is 6.24. The molecule has 0 unspecified atom stereocenters. The molecule has 1 aromatic rings. The van der Waals surface area contributed by atoms with Crippen molar-refractivity contribution in [3.63, 3.8) is 0 Å². The van der Waals surface area contributed by atoms with E-state index in [4.69, 9.17) is 14.2 Å². The van der Waals surface area contributed by atoms with E-state index in [1.165, 1.54) is 5.69 Å². The summed E-state index contributed by atoms with van der Waals surface area (Å²) in [5.74, 6) is 6.42. The number of rotatable bonds is 5. The van der Waals surface area contributed by atoms with Crippen molar-refractivity contribution in [2.75, 3.05) is 32.2 Å². The molecule has 0 spiro atoms. The van der Waals surface area contributed by atoms with Crippen LogP contribution in [0, 0.1) is 11.8 Å². The van der Waals surface area contributed by atoms with Crippen molar-refractivity contribution >= 4 is 5.69 Å². The zero-order chi connectivity index (χ0) is 18.6. The van der Waals surface area contributed by atoms with Gasteiger partial charge in [-0.1, -0.05) is 17.9 Å². The highest BCUT2D eigenvalue weighted by atomic mass is 16.5. The average molecular weight is 357 g/mol. The number of methoxy groups -OCH3 is 2. The number of ether oxygens (including phenoxy) is 3. The molecule has 0 atom stereocenters. The van der Waals surface area contributed by atoms with Gasteiger partial charge in [0.15, 0.2) is 0 Å². The topological polar surface area (TPSA) is 30.9 Å². The van der Waals surface area contributed by atoms with Crippen molar-refractivity contribution in [2.24, 2.45) is 0 Å². The largest absolute Gasteiger partial charge is 0.381 e. The summed E-state index contributed by atoms with van der Waals surface area (Å²) in [5.41, 5.74) is 1.86. The minimum atomic E-state index is -0.422. The van der Waals surface area contributed by atoms with Crippen LogP contribution < -0.4 is 4.90 Å². The molecule has 1 aromatic carbocycles. The van der Waals surface area contributed by atoms with Crippen LogP contribution in [0.25, 0.3) is 0 Å². The molecule has 2 aliphatic rings. The van der Waals surface area contributed by atoms with Gasteiger partial charge in [-0.15, -0.1) is 0 Å². The van der Waals surface area contributed by atoms with Crippen molar-refractivity contribution in [3.05, 3.63) is 29.8 Å². The van der Waals surface area contributed by atoms with Gasteiger partial charge in [0.05, 0.1) is 18.3 Å². The molecule has 1 aliphatic carbocycles. The molecule has 1 saturated carbocycles. The van der Waals surface area contributed by atoms with E-state index < -0.39 is 5.60 Å². The molecular formula is C22H31NO3. The van der Waals surface area contributed by atoms with Crippen molar-refractivity contribution < 1.29 is 14.2 Å². The zero-order valence-corrected chi connectivity index (χ0v) is 16.5. The van der Waals surface area contributed by atoms with Crippen molar-refractivity contribution in [1.29, 1.82) is 0 Å². The first kappa shape index (κ1) is 19.2. The molecule has 0 amide bonds. The Morgan fingerprint density at radius 2 is 1.77 bits per heavy atom. The van der Waals surface area contributed by atoms with E-state index in [2.05, 4.69) is 41.0 Å². The Hall–Kier alpha value is -1.54. The number of nitrogens with zero attached hydrogens (tertiary/aromatic N) is 1. The number of hydrogen-bond acceptors (Lipinski definition) is 4. The Balaban J connectivity index is 1.52. The second-order valence-corrected chi connectivity index (χ2v) is 7.79. The third kappa shape index (κ3) is 5.01. The lowest BCUT2D eigenvalue weighted by atomic mass is 9.91. The standard InChI is InChI=1S/C22H31NO3/c1-22(2,25-4)11-8-17-6-5-7-18(14-17)23-12-9-19(10-13-23)26-21-15-20(16-21)24-3/h5-7,14,19-21H,9-10,12-13,15-16H2,1-4H3. The molecule has 4 nitrogen and oxygen atoms in total. The Labute approximate surface area is 157 Å². The second kappa shape index (κ2) is 8.43. The normalized spacial score (nSPS) is 23.9. The van der Waals surface area contributed by atoms with Crippen LogP contribution in [0.1, 0.15) is 45.1 Å². The van der Waals surface area contributed by atoms with E-state index in [0.717, 1.165) is 44.3 Å². The summed E-state index contributed by atoms with van der Waals surface area (Å²) in [5, 5.41) is 0. The molecular weight excluding hydrogens is 326 g/mol. The van der Waals surface area contributed by atoms with Crippen LogP contribution in [0.2, 0.25) is 0 Å². The van der Waals surface area contributed by atoms with Crippen molar-refractivity contribution in [2.45, 2.75) is 63.4 Å². The smallest absolute Gasteiger partial charge is 0.123 e. The number of hydrogen-bond donors (Lipinski definition) is 0. The molecule has 4 heteroatoms. The molecule has 2 fully saturated rings. The zero-order valence-electron chi connectivity index (χ0n) is 16.5. The average Bonchev–Trinajstić information content (AvgIpc) is 2.63. The lowest BCUT2D eigenvalue weighted by Crippen LogP contribution is -2.43. The fraction of sp³-hybridized carbons (Fsp3) is 0.636. The number of piperidine rings is 1. The van der Waals surface area contributed by atoms with E-state index in [-0.39, 0.29) is 0 Å². The molecule has 142 valence electrons. The van der Waals surface area contributed by atoms with Gasteiger partial charge in [0.1, 0.15) is 5.60 Å².